The van der Waals surface area contributed by atoms with Crippen LogP contribution in [0, 0.1) is 5.92 Å². The molecule has 0 fully saturated rings. The molecule has 0 radical (unpaired) electrons. The molecule has 1 N–H and O–H groups in total. The molecule has 3 nitrogen and oxygen atoms in total. The quantitative estimate of drug-likeness (QED) is 0.580. The van der Waals surface area contributed by atoms with Crippen molar-refractivity contribution in [2.45, 2.75) is 13.0 Å². The zero-order valence-electron chi connectivity index (χ0n) is 10.1. The van der Waals surface area contributed by atoms with Crippen LogP contribution in [-0.2, 0) is 11.3 Å². The fourth-order valence-corrected chi connectivity index (χ4v) is 1.75. The lowest BCUT2D eigenvalue weighted by Crippen LogP contribution is -1.97. The first kappa shape index (κ1) is 12.1. The first-order valence-corrected chi connectivity index (χ1v) is 5.85. The molecule has 0 spiro atoms. The van der Waals surface area contributed by atoms with Crippen molar-refractivity contribution in [3.8, 4) is 5.75 Å². The van der Waals surface area contributed by atoms with Crippen molar-refractivity contribution in [2.24, 2.45) is 5.92 Å². The van der Waals surface area contributed by atoms with Gasteiger partial charge in [-0.15, -0.1) is 0 Å². The number of aliphatic hydroxyl groups is 1. The first-order chi connectivity index (χ1) is 8.33. The summed E-state index contributed by atoms with van der Waals surface area (Å²) in [5, 5.41) is 8.86. The summed E-state index contributed by atoms with van der Waals surface area (Å²) in [5.74, 6) is 1.20. The molecule has 1 aliphatic carbocycles. The van der Waals surface area contributed by atoms with E-state index in [1.54, 1.807) is 7.11 Å². The second kappa shape index (κ2) is 5.84. The third kappa shape index (κ3) is 3.58. The zero-order chi connectivity index (χ0) is 12.1. The van der Waals surface area contributed by atoms with Crippen molar-refractivity contribution >= 4 is 0 Å². The summed E-state index contributed by atoms with van der Waals surface area (Å²) < 4.78 is 10.7. The molecule has 1 aliphatic rings. The van der Waals surface area contributed by atoms with Crippen LogP contribution in [0.5, 0.6) is 5.75 Å². The van der Waals surface area contributed by atoms with Crippen molar-refractivity contribution in [3.63, 3.8) is 0 Å². The highest BCUT2D eigenvalue weighted by atomic mass is 16.5. The number of methoxy groups -OCH3 is 1. The Balaban J connectivity index is 1.63. The Hall–Kier alpha value is -1.32. The molecule has 17 heavy (non-hydrogen) atoms. The minimum Gasteiger partial charge on any atom is -0.497 e. The maximum absolute atomic E-state index is 8.86. The van der Waals surface area contributed by atoms with Gasteiger partial charge in [-0.1, -0.05) is 23.8 Å². The SMILES string of the molecule is COc1ccc(COCCC2=CC2CO)cc1. The second-order valence-electron chi connectivity index (χ2n) is 4.18. The van der Waals surface area contributed by atoms with E-state index in [4.69, 9.17) is 14.6 Å². The summed E-state index contributed by atoms with van der Waals surface area (Å²) in [6, 6.07) is 7.88. The molecule has 0 amide bonds. The Labute approximate surface area is 102 Å². The van der Waals surface area contributed by atoms with E-state index in [-0.39, 0.29) is 6.61 Å². The fraction of sp³-hybridized carbons (Fsp3) is 0.429. The van der Waals surface area contributed by atoms with E-state index >= 15 is 0 Å². The molecule has 0 bridgehead atoms. The molecule has 0 aromatic heterocycles. The van der Waals surface area contributed by atoms with Crippen LogP contribution in [0.25, 0.3) is 0 Å². The Morgan fingerprint density at radius 3 is 2.59 bits per heavy atom. The van der Waals surface area contributed by atoms with E-state index in [0.29, 0.717) is 19.1 Å². The third-order valence-electron chi connectivity index (χ3n) is 2.94. The van der Waals surface area contributed by atoms with Crippen LogP contribution in [0.4, 0.5) is 0 Å². The maximum atomic E-state index is 8.86. The molecule has 2 rings (SSSR count). The van der Waals surface area contributed by atoms with E-state index in [1.807, 2.05) is 24.3 Å². The lowest BCUT2D eigenvalue weighted by atomic mass is 10.2. The minimum atomic E-state index is 0.244. The summed E-state index contributed by atoms with van der Waals surface area (Å²) in [5.41, 5.74) is 2.47. The molecular formula is C14H18O3. The number of rotatable bonds is 7. The van der Waals surface area contributed by atoms with E-state index in [2.05, 4.69) is 6.08 Å². The lowest BCUT2D eigenvalue weighted by molar-refractivity contribution is 0.123. The summed E-state index contributed by atoms with van der Waals surface area (Å²) >= 11 is 0. The molecule has 0 saturated heterocycles. The van der Waals surface area contributed by atoms with Gasteiger partial charge in [-0.2, -0.15) is 0 Å². The lowest BCUT2D eigenvalue weighted by Gasteiger charge is -2.05. The maximum Gasteiger partial charge on any atom is 0.118 e. The van der Waals surface area contributed by atoms with Crippen molar-refractivity contribution in [3.05, 3.63) is 41.5 Å². The smallest absolute Gasteiger partial charge is 0.118 e. The monoisotopic (exact) mass is 234 g/mol. The Morgan fingerprint density at radius 2 is 2.00 bits per heavy atom. The van der Waals surface area contributed by atoms with Crippen molar-refractivity contribution < 1.29 is 14.6 Å². The molecule has 0 aliphatic heterocycles. The van der Waals surface area contributed by atoms with Gasteiger partial charge in [0.2, 0.25) is 0 Å². The highest BCUT2D eigenvalue weighted by Gasteiger charge is 2.22. The van der Waals surface area contributed by atoms with E-state index in [9.17, 15) is 0 Å². The normalized spacial score (nSPS) is 17.8. The molecule has 0 saturated carbocycles. The van der Waals surface area contributed by atoms with Crippen LogP contribution in [0.15, 0.2) is 35.9 Å². The van der Waals surface area contributed by atoms with E-state index < -0.39 is 0 Å². The van der Waals surface area contributed by atoms with Gasteiger partial charge in [0.15, 0.2) is 0 Å². The van der Waals surface area contributed by atoms with Crippen LogP contribution in [0.3, 0.4) is 0 Å². The number of aliphatic hydroxyl groups excluding tert-OH is 1. The Kier molecular flexibility index (Phi) is 4.18. The van der Waals surface area contributed by atoms with Gasteiger partial charge in [0.25, 0.3) is 0 Å². The molecule has 1 aromatic rings. The first-order valence-electron chi connectivity index (χ1n) is 5.85. The van der Waals surface area contributed by atoms with Gasteiger partial charge in [-0.05, 0) is 24.1 Å². The zero-order valence-corrected chi connectivity index (χ0v) is 10.1. The predicted octanol–water partition coefficient (Wildman–Crippen LogP) is 2.15. The van der Waals surface area contributed by atoms with Gasteiger partial charge in [0, 0.05) is 5.92 Å². The Bertz CT molecular complexity index is 381. The average molecular weight is 234 g/mol. The standard InChI is InChI=1S/C14H18O3/c1-16-14-4-2-11(3-5-14)10-17-7-6-12-8-13(12)9-15/h2-5,8,13,15H,6-7,9-10H2,1H3. The topological polar surface area (TPSA) is 38.7 Å². The summed E-state index contributed by atoms with van der Waals surface area (Å²) in [6.45, 7) is 1.59. The van der Waals surface area contributed by atoms with Gasteiger partial charge < -0.3 is 14.6 Å². The van der Waals surface area contributed by atoms with Gasteiger partial charge in [-0.25, -0.2) is 0 Å². The van der Waals surface area contributed by atoms with Crippen LogP contribution in [0.2, 0.25) is 0 Å². The molecule has 92 valence electrons. The van der Waals surface area contributed by atoms with Gasteiger partial charge in [0.05, 0.1) is 26.9 Å². The highest BCUT2D eigenvalue weighted by Crippen LogP contribution is 2.30. The molecule has 1 atom stereocenters. The molecular weight excluding hydrogens is 216 g/mol. The number of benzene rings is 1. The van der Waals surface area contributed by atoms with Crippen molar-refractivity contribution in [2.75, 3.05) is 20.3 Å². The molecule has 0 heterocycles. The van der Waals surface area contributed by atoms with Gasteiger partial charge in [-0.3, -0.25) is 0 Å². The number of ether oxygens (including phenoxy) is 2. The summed E-state index contributed by atoms with van der Waals surface area (Å²) in [7, 11) is 1.66. The molecule has 1 unspecified atom stereocenters. The summed E-state index contributed by atoms with van der Waals surface area (Å²) in [6.07, 6.45) is 3.03. The van der Waals surface area contributed by atoms with Gasteiger partial charge in [0.1, 0.15) is 5.75 Å². The van der Waals surface area contributed by atoms with E-state index in [0.717, 1.165) is 17.7 Å². The second-order valence-corrected chi connectivity index (χ2v) is 4.18. The van der Waals surface area contributed by atoms with Crippen LogP contribution >= 0.6 is 0 Å². The van der Waals surface area contributed by atoms with Crippen LogP contribution < -0.4 is 4.74 Å². The largest absolute Gasteiger partial charge is 0.497 e. The van der Waals surface area contributed by atoms with Crippen molar-refractivity contribution in [1.82, 2.24) is 0 Å². The highest BCUT2D eigenvalue weighted by molar-refractivity contribution is 5.29. The van der Waals surface area contributed by atoms with E-state index in [1.165, 1.54) is 5.57 Å². The van der Waals surface area contributed by atoms with Crippen LogP contribution in [-0.4, -0.2) is 25.4 Å². The third-order valence-corrected chi connectivity index (χ3v) is 2.94. The predicted molar refractivity (Wildman–Crippen MR) is 65.9 cm³/mol. The number of hydrogen-bond acceptors (Lipinski definition) is 3. The molecule has 1 aromatic carbocycles. The fourth-order valence-electron chi connectivity index (χ4n) is 1.75. The van der Waals surface area contributed by atoms with Crippen molar-refractivity contribution in [1.29, 1.82) is 0 Å². The molecule has 3 heteroatoms. The average Bonchev–Trinajstić information content (AvgIpc) is 3.14. The Morgan fingerprint density at radius 1 is 1.24 bits per heavy atom. The minimum absolute atomic E-state index is 0.244. The summed E-state index contributed by atoms with van der Waals surface area (Å²) in [4.78, 5) is 0. The van der Waals surface area contributed by atoms with Gasteiger partial charge >= 0.3 is 0 Å². The van der Waals surface area contributed by atoms with Crippen LogP contribution in [0.1, 0.15) is 12.0 Å². The number of hydrogen-bond donors (Lipinski definition) is 1.